The van der Waals surface area contributed by atoms with Crippen LogP contribution in [0.5, 0.6) is 5.75 Å². The summed E-state index contributed by atoms with van der Waals surface area (Å²) < 4.78 is 7.31. The molecule has 0 atom stereocenters. The molecule has 1 aromatic carbocycles. The van der Waals surface area contributed by atoms with Crippen molar-refractivity contribution in [2.24, 2.45) is 0 Å². The summed E-state index contributed by atoms with van der Waals surface area (Å²) in [4.78, 5) is 0. The zero-order chi connectivity index (χ0) is 13.5. The molecule has 0 saturated carbocycles. The Balaban J connectivity index is 1.76. The fourth-order valence-corrected chi connectivity index (χ4v) is 1.74. The van der Waals surface area contributed by atoms with Gasteiger partial charge in [0.1, 0.15) is 12.4 Å². The number of rotatable bonds is 7. The van der Waals surface area contributed by atoms with E-state index in [1.165, 1.54) is 0 Å². The van der Waals surface area contributed by atoms with E-state index in [1.807, 2.05) is 18.3 Å². The van der Waals surface area contributed by atoms with Crippen LogP contribution in [-0.2, 0) is 13.0 Å². The second kappa shape index (κ2) is 7.11. The molecule has 0 aliphatic rings. The van der Waals surface area contributed by atoms with E-state index in [0.717, 1.165) is 17.9 Å². The Hall–Kier alpha value is -1.59. The standard InChI is InChI=1S/C13H16ClN3O2/c14-11-3-5-13(6-4-11)19-9-7-17-10-12(15-16-17)2-1-8-18/h3-6,10,18H,1-2,7-9H2. The number of nitrogens with zero attached hydrogens (tertiary/aromatic N) is 3. The number of aryl methyl sites for hydroxylation is 1. The molecule has 0 amide bonds. The molecule has 0 bridgehead atoms. The third-order valence-corrected chi connectivity index (χ3v) is 2.83. The van der Waals surface area contributed by atoms with Gasteiger partial charge in [-0.25, -0.2) is 4.68 Å². The summed E-state index contributed by atoms with van der Waals surface area (Å²) >= 11 is 5.79. The van der Waals surface area contributed by atoms with E-state index in [9.17, 15) is 0 Å². The molecule has 102 valence electrons. The highest BCUT2D eigenvalue weighted by atomic mass is 35.5. The maximum atomic E-state index is 8.74. The Morgan fingerprint density at radius 3 is 2.79 bits per heavy atom. The first kappa shape index (κ1) is 13.8. The predicted molar refractivity (Wildman–Crippen MR) is 72.4 cm³/mol. The third kappa shape index (κ3) is 4.54. The molecule has 1 aromatic heterocycles. The molecule has 0 radical (unpaired) electrons. The van der Waals surface area contributed by atoms with Crippen molar-refractivity contribution in [3.63, 3.8) is 0 Å². The summed E-state index contributed by atoms with van der Waals surface area (Å²) in [5.74, 6) is 0.782. The molecule has 1 N–H and O–H groups in total. The van der Waals surface area contributed by atoms with Gasteiger partial charge in [0, 0.05) is 17.8 Å². The first-order chi connectivity index (χ1) is 9.28. The number of hydrogen-bond donors (Lipinski definition) is 1. The number of aromatic nitrogens is 3. The number of ether oxygens (including phenoxy) is 1. The van der Waals surface area contributed by atoms with Crippen molar-refractivity contribution >= 4 is 11.6 Å². The monoisotopic (exact) mass is 281 g/mol. The Morgan fingerprint density at radius 2 is 2.05 bits per heavy atom. The molecular weight excluding hydrogens is 266 g/mol. The van der Waals surface area contributed by atoms with Crippen LogP contribution in [0.4, 0.5) is 0 Å². The van der Waals surface area contributed by atoms with Crippen LogP contribution in [0.3, 0.4) is 0 Å². The molecule has 0 aliphatic carbocycles. The highest BCUT2D eigenvalue weighted by Gasteiger charge is 2.01. The first-order valence-corrected chi connectivity index (χ1v) is 6.54. The Kier molecular flexibility index (Phi) is 5.18. The fourth-order valence-electron chi connectivity index (χ4n) is 1.61. The van der Waals surface area contributed by atoms with E-state index in [1.54, 1.807) is 16.8 Å². The van der Waals surface area contributed by atoms with E-state index in [4.69, 9.17) is 21.4 Å². The Bertz CT molecular complexity index is 499. The molecule has 2 rings (SSSR count). The van der Waals surface area contributed by atoms with Gasteiger partial charge in [-0.2, -0.15) is 0 Å². The molecule has 0 fully saturated rings. The minimum absolute atomic E-state index is 0.173. The van der Waals surface area contributed by atoms with Crippen molar-refractivity contribution in [3.05, 3.63) is 41.2 Å². The quantitative estimate of drug-likeness (QED) is 0.842. The number of hydrogen-bond acceptors (Lipinski definition) is 4. The minimum atomic E-state index is 0.173. The summed E-state index contributed by atoms with van der Waals surface area (Å²) in [6.07, 6.45) is 3.33. The minimum Gasteiger partial charge on any atom is -0.492 e. The lowest BCUT2D eigenvalue weighted by molar-refractivity contribution is 0.288. The maximum Gasteiger partial charge on any atom is 0.119 e. The number of aliphatic hydroxyl groups is 1. The highest BCUT2D eigenvalue weighted by molar-refractivity contribution is 6.30. The van der Waals surface area contributed by atoms with Crippen molar-refractivity contribution in [1.82, 2.24) is 15.0 Å². The van der Waals surface area contributed by atoms with E-state index < -0.39 is 0 Å². The number of benzene rings is 1. The maximum absolute atomic E-state index is 8.74. The largest absolute Gasteiger partial charge is 0.492 e. The van der Waals surface area contributed by atoms with Crippen LogP contribution in [0.2, 0.25) is 5.02 Å². The molecule has 0 spiro atoms. The highest BCUT2D eigenvalue weighted by Crippen LogP contribution is 2.15. The molecule has 19 heavy (non-hydrogen) atoms. The van der Waals surface area contributed by atoms with E-state index in [0.29, 0.717) is 24.6 Å². The lowest BCUT2D eigenvalue weighted by Crippen LogP contribution is -2.08. The van der Waals surface area contributed by atoms with Crippen molar-refractivity contribution in [1.29, 1.82) is 0 Å². The van der Waals surface area contributed by atoms with E-state index in [-0.39, 0.29) is 6.61 Å². The number of halogens is 1. The summed E-state index contributed by atoms with van der Waals surface area (Å²) in [7, 11) is 0. The normalized spacial score (nSPS) is 10.6. The van der Waals surface area contributed by atoms with Gasteiger partial charge in [-0.05, 0) is 37.1 Å². The molecule has 0 saturated heterocycles. The average molecular weight is 282 g/mol. The van der Waals surface area contributed by atoms with Crippen LogP contribution in [-0.4, -0.2) is 33.3 Å². The SMILES string of the molecule is OCCCc1cn(CCOc2ccc(Cl)cc2)nn1. The Morgan fingerprint density at radius 1 is 1.26 bits per heavy atom. The number of aliphatic hydroxyl groups excluding tert-OH is 1. The third-order valence-electron chi connectivity index (χ3n) is 2.58. The molecule has 1 heterocycles. The predicted octanol–water partition coefficient (Wildman–Crippen LogP) is 1.94. The fraction of sp³-hybridized carbons (Fsp3) is 0.385. The molecule has 6 heteroatoms. The van der Waals surface area contributed by atoms with Crippen LogP contribution in [0.15, 0.2) is 30.5 Å². The van der Waals surface area contributed by atoms with Gasteiger partial charge in [-0.1, -0.05) is 16.8 Å². The zero-order valence-corrected chi connectivity index (χ0v) is 11.3. The van der Waals surface area contributed by atoms with Gasteiger partial charge in [-0.15, -0.1) is 5.10 Å². The van der Waals surface area contributed by atoms with Gasteiger partial charge >= 0.3 is 0 Å². The van der Waals surface area contributed by atoms with Crippen molar-refractivity contribution in [2.45, 2.75) is 19.4 Å². The molecule has 2 aromatic rings. The molecule has 0 unspecified atom stereocenters. The van der Waals surface area contributed by atoms with E-state index in [2.05, 4.69) is 10.3 Å². The summed E-state index contributed by atoms with van der Waals surface area (Å²) in [6.45, 7) is 1.33. The van der Waals surface area contributed by atoms with Crippen LogP contribution in [0, 0.1) is 0 Å². The van der Waals surface area contributed by atoms with Crippen LogP contribution in [0.1, 0.15) is 12.1 Å². The van der Waals surface area contributed by atoms with Gasteiger partial charge in [0.05, 0.1) is 12.2 Å². The van der Waals surface area contributed by atoms with Crippen LogP contribution >= 0.6 is 11.6 Å². The summed E-state index contributed by atoms with van der Waals surface area (Å²) in [6, 6.07) is 7.24. The molecule has 5 nitrogen and oxygen atoms in total. The van der Waals surface area contributed by atoms with Crippen LogP contribution in [0.25, 0.3) is 0 Å². The topological polar surface area (TPSA) is 60.2 Å². The van der Waals surface area contributed by atoms with Gasteiger partial charge < -0.3 is 9.84 Å². The smallest absolute Gasteiger partial charge is 0.119 e. The lowest BCUT2D eigenvalue weighted by Gasteiger charge is -2.05. The van der Waals surface area contributed by atoms with Gasteiger partial charge in [0.15, 0.2) is 0 Å². The summed E-state index contributed by atoms with van der Waals surface area (Å²) in [5, 5.41) is 17.4. The van der Waals surface area contributed by atoms with Crippen molar-refractivity contribution < 1.29 is 9.84 Å². The van der Waals surface area contributed by atoms with Gasteiger partial charge in [0.2, 0.25) is 0 Å². The second-order valence-corrected chi connectivity index (χ2v) is 4.54. The molecular formula is C13H16ClN3O2. The summed E-state index contributed by atoms with van der Waals surface area (Å²) in [5.41, 5.74) is 0.889. The average Bonchev–Trinajstić information content (AvgIpc) is 2.87. The second-order valence-electron chi connectivity index (χ2n) is 4.10. The van der Waals surface area contributed by atoms with Crippen molar-refractivity contribution in [2.75, 3.05) is 13.2 Å². The van der Waals surface area contributed by atoms with Crippen molar-refractivity contribution in [3.8, 4) is 5.75 Å². The first-order valence-electron chi connectivity index (χ1n) is 6.16. The van der Waals surface area contributed by atoms with E-state index >= 15 is 0 Å². The van der Waals surface area contributed by atoms with Crippen LogP contribution < -0.4 is 4.74 Å². The lowest BCUT2D eigenvalue weighted by atomic mass is 10.3. The molecule has 0 aliphatic heterocycles. The van der Waals surface area contributed by atoms with Gasteiger partial charge in [-0.3, -0.25) is 0 Å². The zero-order valence-electron chi connectivity index (χ0n) is 10.5. The Labute approximate surface area is 116 Å². The van der Waals surface area contributed by atoms with Gasteiger partial charge in [0.25, 0.3) is 0 Å².